The smallest absolute Gasteiger partial charge is 0.237 e. The summed E-state index contributed by atoms with van der Waals surface area (Å²) in [6, 6.07) is 0. The summed E-state index contributed by atoms with van der Waals surface area (Å²) in [6.45, 7) is 4.29. The topological polar surface area (TPSA) is 66.4 Å². The molecule has 2 unspecified atom stereocenters. The molecule has 0 bridgehead atoms. The Hall–Kier alpha value is -1.42. The van der Waals surface area contributed by atoms with Crippen LogP contribution in [0.25, 0.3) is 0 Å². The lowest BCUT2D eigenvalue weighted by molar-refractivity contribution is -0.127. The number of rotatable bonds is 5. The number of nitrogens with one attached hydrogen (secondary N) is 1. The number of hydrogen-bond acceptors (Lipinski definition) is 3. The van der Waals surface area contributed by atoms with E-state index in [1.165, 1.54) is 0 Å². The lowest BCUT2D eigenvalue weighted by atomic mass is 9.68. The summed E-state index contributed by atoms with van der Waals surface area (Å²) in [5.41, 5.74) is -0.756. The van der Waals surface area contributed by atoms with Crippen molar-refractivity contribution in [2.75, 3.05) is 6.61 Å². The lowest BCUT2D eigenvalue weighted by Gasteiger charge is -2.32. The Balaban J connectivity index is 2.16. The molecule has 0 aromatic rings. The molecule has 2 aliphatic rings. The molecule has 0 spiro atoms. The first-order valence-corrected chi connectivity index (χ1v) is 6.73. The second kappa shape index (κ2) is 4.93. The fourth-order valence-corrected chi connectivity index (χ4v) is 2.85. The maximum atomic E-state index is 12.1. The van der Waals surface area contributed by atoms with Gasteiger partial charge in [-0.05, 0) is 24.7 Å². The molecule has 2 amide bonds. The number of allylic oxidation sites excluding steroid dienone is 2. The number of carbonyl (C=O) groups is 2. The van der Waals surface area contributed by atoms with Crippen LogP contribution >= 0.6 is 0 Å². The van der Waals surface area contributed by atoms with Crippen molar-refractivity contribution in [3.05, 3.63) is 24.3 Å². The number of aliphatic hydroxyl groups is 1. The molecule has 1 saturated heterocycles. The van der Waals surface area contributed by atoms with E-state index in [0.29, 0.717) is 12.8 Å². The standard InChI is InChI=1S/C15H21NO3/c1-14(2,9-10-17)7-8-15-6-4-3-5-11(15)12(18)16-13(15)19/h3-6,11,17H,7-10H2,1-2H3,(H,16,18,19). The molecule has 1 heterocycles. The van der Waals surface area contributed by atoms with Gasteiger partial charge in [-0.1, -0.05) is 38.2 Å². The van der Waals surface area contributed by atoms with Gasteiger partial charge in [0.2, 0.25) is 11.8 Å². The van der Waals surface area contributed by atoms with Crippen LogP contribution in [0.2, 0.25) is 0 Å². The Bertz CT molecular complexity index is 450. The average Bonchev–Trinajstić information content (AvgIpc) is 2.60. The highest BCUT2D eigenvalue weighted by atomic mass is 16.3. The summed E-state index contributed by atoms with van der Waals surface area (Å²) < 4.78 is 0. The summed E-state index contributed by atoms with van der Waals surface area (Å²) in [6.07, 6.45) is 9.44. The third kappa shape index (κ3) is 2.50. The van der Waals surface area contributed by atoms with Crippen LogP contribution in [0.1, 0.15) is 33.1 Å². The van der Waals surface area contributed by atoms with Crippen molar-refractivity contribution in [2.45, 2.75) is 33.1 Å². The number of hydrogen-bond donors (Lipinski definition) is 2. The van der Waals surface area contributed by atoms with Crippen molar-refractivity contribution in [3.8, 4) is 0 Å². The molecule has 2 atom stereocenters. The van der Waals surface area contributed by atoms with Crippen molar-refractivity contribution in [1.29, 1.82) is 0 Å². The van der Waals surface area contributed by atoms with Crippen LogP contribution in [0.15, 0.2) is 24.3 Å². The molecule has 0 saturated carbocycles. The SMILES string of the molecule is CC(C)(CCO)CCC12C=CC=CC1C(=O)NC2=O. The fourth-order valence-electron chi connectivity index (χ4n) is 2.85. The Morgan fingerprint density at radius 3 is 2.74 bits per heavy atom. The number of fused-ring (bicyclic) bond motifs is 1. The van der Waals surface area contributed by atoms with Gasteiger partial charge in [0, 0.05) is 6.61 Å². The van der Waals surface area contributed by atoms with Crippen LogP contribution in [0.3, 0.4) is 0 Å². The summed E-state index contributed by atoms with van der Waals surface area (Å²) in [5, 5.41) is 11.5. The third-order valence-corrected chi connectivity index (χ3v) is 4.31. The highest BCUT2D eigenvalue weighted by Gasteiger charge is 2.53. The zero-order valence-electron chi connectivity index (χ0n) is 11.5. The molecular formula is C15H21NO3. The van der Waals surface area contributed by atoms with Gasteiger partial charge in [0.05, 0.1) is 11.3 Å². The van der Waals surface area contributed by atoms with Crippen LogP contribution in [0.5, 0.6) is 0 Å². The minimum atomic E-state index is -0.724. The maximum absolute atomic E-state index is 12.1. The number of carbonyl (C=O) groups excluding carboxylic acids is 2. The monoisotopic (exact) mass is 263 g/mol. The first-order valence-electron chi connectivity index (χ1n) is 6.73. The molecule has 1 fully saturated rings. The molecule has 2 N–H and O–H groups in total. The van der Waals surface area contributed by atoms with E-state index in [9.17, 15) is 9.59 Å². The number of aliphatic hydroxyl groups excluding tert-OH is 1. The van der Waals surface area contributed by atoms with Crippen LogP contribution in [0, 0.1) is 16.7 Å². The van der Waals surface area contributed by atoms with Crippen molar-refractivity contribution >= 4 is 11.8 Å². The van der Waals surface area contributed by atoms with Gasteiger partial charge in [0.1, 0.15) is 0 Å². The molecule has 4 heteroatoms. The predicted molar refractivity (Wildman–Crippen MR) is 72.1 cm³/mol. The maximum Gasteiger partial charge on any atom is 0.237 e. The van der Waals surface area contributed by atoms with Gasteiger partial charge in [0.15, 0.2) is 0 Å². The third-order valence-electron chi connectivity index (χ3n) is 4.31. The van der Waals surface area contributed by atoms with Crippen LogP contribution in [-0.2, 0) is 9.59 Å². The Labute approximate surface area is 113 Å². The molecule has 0 radical (unpaired) electrons. The second-order valence-corrected chi connectivity index (χ2v) is 6.22. The van der Waals surface area contributed by atoms with E-state index in [0.717, 1.165) is 6.42 Å². The van der Waals surface area contributed by atoms with Crippen molar-refractivity contribution < 1.29 is 14.7 Å². The highest BCUT2D eigenvalue weighted by molar-refractivity contribution is 6.09. The second-order valence-electron chi connectivity index (χ2n) is 6.22. The first-order chi connectivity index (χ1) is 8.91. The van der Waals surface area contributed by atoms with E-state index < -0.39 is 5.41 Å². The Morgan fingerprint density at radius 2 is 2.05 bits per heavy atom. The minimum Gasteiger partial charge on any atom is -0.396 e. The number of amides is 2. The normalized spacial score (nSPS) is 29.5. The van der Waals surface area contributed by atoms with Gasteiger partial charge in [-0.15, -0.1) is 0 Å². The average molecular weight is 263 g/mol. The van der Waals surface area contributed by atoms with E-state index in [4.69, 9.17) is 5.11 Å². The van der Waals surface area contributed by atoms with Crippen LogP contribution in [0.4, 0.5) is 0 Å². The van der Waals surface area contributed by atoms with Crippen LogP contribution in [-0.4, -0.2) is 23.5 Å². The van der Waals surface area contributed by atoms with Gasteiger partial charge >= 0.3 is 0 Å². The Kier molecular flexibility index (Phi) is 3.63. The molecule has 4 nitrogen and oxygen atoms in total. The van der Waals surface area contributed by atoms with Gasteiger partial charge < -0.3 is 5.11 Å². The summed E-state index contributed by atoms with van der Waals surface area (Å²) in [7, 11) is 0. The van der Waals surface area contributed by atoms with Gasteiger partial charge in [-0.3, -0.25) is 14.9 Å². The largest absolute Gasteiger partial charge is 0.396 e. The molecule has 2 rings (SSSR count). The molecule has 1 aliphatic carbocycles. The quantitative estimate of drug-likeness (QED) is 0.740. The van der Waals surface area contributed by atoms with E-state index in [1.54, 1.807) is 6.08 Å². The zero-order chi connectivity index (χ0) is 14.1. The van der Waals surface area contributed by atoms with Crippen molar-refractivity contribution in [3.63, 3.8) is 0 Å². The van der Waals surface area contributed by atoms with Gasteiger partial charge in [-0.25, -0.2) is 0 Å². The summed E-state index contributed by atoms with van der Waals surface area (Å²) in [5.74, 6) is -0.775. The molecule has 0 aromatic heterocycles. The fraction of sp³-hybridized carbons (Fsp3) is 0.600. The van der Waals surface area contributed by atoms with E-state index in [-0.39, 0.29) is 29.8 Å². The van der Waals surface area contributed by atoms with E-state index in [2.05, 4.69) is 19.2 Å². The molecule has 104 valence electrons. The number of imide groups is 1. The van der Waals surface area contributed by atoms with Crippen molar-refractivity contribution in [1.82, 2.24) is 5.32 Å². The van der Waals surface area contributed by atoms with Gasteiger partial charge in [-0.2, -0.15) is 0 Å². The highest BCUT2D eigenvalue weighted by Crippen LogP contribution is 2.45. The van der Waals surface area contributed by atoms with E-state index >= 15 is 0 Å². The first kappa shape index (κ1) is 14.0. The molecule has 19 heavy (non-hydrogen) atoms. The predicted octanol–water partition coefficient (Wildman–Crippen LogP) is 1.56. The Morgan fingerprint density at radius 1 is 1.32 bits per heavy atom. The minimum absolute atomic E-state index is 0.0328. The zero-order valence-corrected chi connectivity index (χ0v) is 11.5. The van der Waals surface area contributed by atoms with Crippen molar-refractivity contribution in [2.24, 2.45) is 16.7 Å². The molecule has 1 aliphatic heterocycles. The molecular weight excluding hydrogens is 242 g/mol. The molecule has 0 aromatic carbocycles. The van der Waals surface area contributed by atoms with E-state index in [1.807, 2.05) is 18.2 Å². The summed E-state index contributed by atoms with van der Waals surface area (Å²) in [4.78, 5) is 24.0. The lowest BCUT2D eigenvalue weighted by Crippen LogP contribution is -2.35. The summed E-state index contributed by atoms with van der Waals surface area (Å²) >= 11 is 0. The van der Waals surface area contributed by atoms with Gasteiger partial charge in [0.25, 0.3) is 0 Å². The van der Waals surface area contributed by atoms with Crippen LogP contribution < -0.4 is 5.32 Å².